The molecule has 0 amide bonds. The van der Waals surface area contributed by atoms with Gasteiger partial charge in [-0.05, 0) is 66.1 Å². The van der Waals surface area contributed by atoms with Crippen molar-refractivity contribution in [3.8, 4) is 5.75 Å². The molecule has 0 radical (unpaired) electrons. The average Bonchev–Trinajstić information content (AvgIpc) is 3.45. The zero-order chi connectivity index (χ0) is 17.9. The summed E-state index contributed by atoms with van der Waals surface area (Å²) in [4.78, 5) is 11.8. The topological polar surface area (TPSA) is 47.6 Å². The predicted octanol–water partition coefficient (Wildman–Crippen LogP) is 4.38. The number of nitrogens with one attached hydrogen (secondary N) is 1. The van der Waals surface area contributed by atoms with Gasteiger partial charge < -0.3 is 14.8 Å². The highest BCUT2D eigenvalue weighted by molar-refractivity contribution is 6.30. The molecule has 0 bridgehead atoms. The van der Waals surface area contributed by atoms with Crippen molar-refractivity contribution in [2.24, 2.45) is 5.92 Å². The van der Waals surface area contributed by atoms with Gasteiger partial charge in [-0.15, -0.1) is 0 Å². The van der Waals surface area contributed by atoms with Crippen LogP contribution in [0.3, 0.4) is 0 Å². The van der Waals surface area contributed by atoms with Crippen LogP contribution in [0.15, 0.2) is 36.4 Å². The smallest absolute Gasteiger partial charge is 0.337 e. The van der Waals surface area contributed by atoms with Crippen LogP contribution in [0.1, 0.15) is 40.2 Å². The summed E-state index contributed by atoms with van der Waals surface area (Å²) in [5.41, 5.74) is 4.05. The predicted molar refractivity (Wildman–Crippen MR) is 100 cm³/mol. The van der Waals surface area contributed by atoms with E-state index >= 15 is 0 Å². The molecule has 1 unspecified atom stereocenters. The molecule has 4 nitrogen and oxygen atoms in total. The molecule has 1 spiro atoms. The highest BCUT2D eigenvalue weighted by atomic mass is 35.5. The molecular weight excluding hydrogens is 350 g/mol. The van der Waals surface area contributed by atoms with Crippen molar-refractivity contribution in [1.82, 2.24) is 0 Å². The van der Waals surface area contributed by atoms with Crippen LogP contribution >= 0.6 is 11.6 Å². The van der Waals surface area contributed by atoms with E-state index in [4.69, 9.17) is 21.1 Å². The van der Waals surface area contributed by atoms with Crippen LogP contribution in [0.4, 0.5) is 5.69 Å². The number of benzene rings is 2. The van der Waals surface area contributed by atoms with E-state index in [1.807, 2.05) is 18.2 Å². The second kappa shape index (κ2) is 5.65. The minimum absolute atomic E-state index is 0.0674. The Hall–Kier alpha value is -2.20. The van der Waals surface area contributed by atoms with Crippen molar-refractivity contribution < 1.29 is 14.3 Å². The number of halogens is 1. The number of hydrogen-bond donors (Lipinski definition) is 1. The van der Waals surface area contributed by atoms with E-state index in [1.54, 1.807) is 6.07 Å². The Bertz CT molecular complexity index is 912. The number of carbonyl (C=O) groups is 1. The van der Waals surface area contributed by atoms with Crippen molar-refractivity contribution >= 4 is 23.3 Å². The molecule has 5 heteroatoms. The molecule has 0 aromatic heterocycles. The maximum absolute atomic E-state index is 11.8. The van der Waals surface area contributed by atoms with Gasteiger partial charge in [0.25, 0.3) is 0 Å². The Morgan fingerprint density at radius 3 is 3.04 bits per heavy atom. The molecule has 26 heavy (non-hydrogen) atoms. The van der Waals surface area contributed by atoms with Gasteiger partial charge in [-0.25, -0.2) is 4.79 Å². The van der Waals surface area contributed by atoms with Gasteiger partial charge in [0.2, 0.25) is 0 Å². The van der Waals surface area contributed by atoms with Crippen LogP contribution in [0.25, 0.3) is 0 Å². The Labute approximate surface area is 157 Å². The average molecular weight is 370 g/mol. The summed E-state index contributed by atoms with van der Waals surface area (Å²) < 4.78 is 11.0. The van der Waals surface area contributed by atoms with Gasteiger partial charge in [-0.2, -0.15) is 0 Å². The van der Waals surface area contributed by atoms with Gasteiger partial charge >= 0.3 is 5.97 Å². The first-order chi connectivity index (χ1) is 12.6. The first kappa shape index (κ1) is 16.0. The largest absolute Gasteiger partial charge is 0.490 e. The highest BCUT2D eigenvalue weighted by Crippen LogP contribution is 2.60. The Morgan fingerprint density at radius 1 is 1.31 bits per heavy atom. The number of methoxy groups -OCH3 is 1. The van der Waals surface area contributed by atoms with E-state index in [0.717, 1.165) is 35.3 Å². The molecular formula is C21H20ClNO3. The molecule has 1 saturated carbocycles. The van der Waals surface area contributed by atoms with Crippen LogP contribution in [-0.4, -0.2) is 26.2 Å². The lowest BCUT2D eigenvalue weighted by atomic mass is 9.70. The molecule has 3 atom stereocenters. The van der Waals surface area contributed by atoms with E-state index in [1.165, 1.54) is 24.7 Å². The van der Waals surface area contributed by atoms with Gasteiger partial charge in [0.1, 0.15) is 5.75 Å². The fourth-order valence-electron chi connectivity index (χ4n) is 4.66. The van der Waals surface area contributed by atoms with Crippen LogP contribution in [-0.2, 0) is 10.2 Å². The summed E-state index contributed by atoms with van der Waals surface area (Å²) in [7, 11) is 1.39. The Kier molecular flexibility index (Phi) is 3.48. The number of carbonyl (C=O) groups excluding carboxylic acids is 1. The van der Waals surface area contributed by atoms with Gasteiger partial charge in [-0.1, -0.05) is 17.7 Å². The van der Waals surface area contributed by atoms with Gasteiger partial charge in [-0.3, -0.25) is 0 Å². The van der Waals surface area contributed by atoms with Crippen molar-refractivity contribution in [1.29, 1.82) is 0 Å². The molecule has 1 fully saturated rings. The monoisotopic (exact) mass is 369 g/mol. The Morgan fingerprint density at radius 2 is 2.19 bits per heavy atom. The van der Waals surface area contributed by atoms with Crippen molar-refractivity contribution in [2.75, 3.05) is 25.6 Å². The molecule has 2 aliphatic carbocycles. The number of rotatable bonds is 1. The first-order valence-electron chi connectivity index (χ1n) is 8.99. The lowest BCUT2D eigenvalue weighted by Gasteiger charge is -2.37. The maximum Gasteiger partial charge on any atom is 0.337 e. The minimum atomic E-state index is -0.341. The molecule has 1 heterocycles. The lowest BCUT2D eigenvalue weighted by Crippen LogP contribution is -2.41. The molecule has 134 valence electrons. The summed E-state index contributed by atoms with van der Waals surface area (Å²) in [5, 5.41) is 4.34. The third-order valence-corrected chi connectivity index (χ3v) is 6.32. The number of anilines is 1. The van der Waals surface area contributed by atoms with E-state index in [2.05, 4.69) is 17.4 Å². The van der Waals surface area contributed by atoms with Crippen LogP contribution < -0.4 is 10.1 Å². The standard InChI is InChI=1S/C21H20ClNO3/c1-25-20(24)12-2-5-19-18(7-12)23-10-21(11-26-19)9-13-6-15(13)16-8-14(22)3-4-17(16)21/h2-5,7-8,13,15,23H,6,9-11H2,1H3/t13-,15?,21-/m0/s1. The van der Waals surface area contributed by atoms with Crippen LogP contribution in [0.2, 0.25) is 5.02 Å². The molecule has 2 aromatic rings. The summed E-state index contributed by atoms with van der Waals surface area (Å²) in [6.07, 6.45) is 2.37. The number of ether oxygens (including phenoxy) is 2. The molecule has 1 aliphatic heterocycles. The summed E-state index contributed by atoms with van der Waals surface area (Å²) in [6, 6.07) is 11.7. The minimum Gasteiger partial charge on any atom is -0.490 e. The second-order valence-electron chi connectivity index (χ2n) is 7.66. The van der Waals surface area contributed by atoms with Crippen molar-refractivity contribution in [3.63, 3.8) is 0 Å². The summed E-state index contributed by atoms with van der Waals surface area (Å²) >= 11 is 6.26. The van der Waals surface area contributed by atoms with Gasteiger partial charge in [0, 0.05) is 17.0 Å². The molecule has 5 rings (SSSR count). The molecule has 0 saturated heterocycles. The molecule has 2 aromatic carbocycles. The summed E-state index contributed by atoms with van der Waals surface area (Å²) in [5.74, 6) is 1.82. The maximum atomic E-state index is 11.8. The normalized spacial score (nSPS) is 27.9. The zero-order valence-corrected chi connectivity index (χ0v) is 15.3. The fraction of sp³-hybridized carbons (Fsp3) is 0.381. The SMILES string of the molecule is COC(=O)c1ccc2c(c1)NC[C@]1(CO2)C[C@@H]2CC2c2cc(Cl)ccc21. The van der Waals surface area contributed by atoms with E-state index in [0.29, 0.717) is 18.1 Å². The third kappa shape index (κ3) is 2.39. The second-order valence-corrected chi connectivity index (χ2v) is 8.10. The fourth-order valence-corrected chi connectivity index (χ4v) is 4.84. The van der Waals surface area contributed by atoms with E-state index in [-0.39, 0.29) is 11.4 Å². The van der Waals surface area contributed by atoms with Crippen molar-refractivity contribution in [2.45, 2.75) is 24.2 Å². The number of hydrogen-bond acceptors (Lipinski definition) is 4. The number of esters is 1. The van der Waals surface area contributed by atoms with E-state index in [9.17, 15) is 4.79 Å². The van der Waals surface area contributed by atoms with Crippen molar-refractivity contribution in [3.05, 3.63) is 58.1 Å². The molecule has 1 N–H and O–H groups in total. The van der Waals surface area contributed by atoms with Crippen LogP contribution in [0, 0.1) is 5.92 Å². The zero-order valence-electron chi connectivity index (χ0n) is 14.5. The third-order valence-electron chi connectivity index (χ3n) is 6.08. The first-order valence-corrected chi connectivity index (χ1v) is 9.36. The summed E-state index contributed by atoms with van der Waals surface area (Å²) in [6.45, 7) is 1.41. The quantitative estimate of drug-likeness (QED) is 0.758. The lowest BCUT2D eigenvalue weighted by molar-refractivity contribution is 0.0600. The van der Waals surface area contributed by atoms with Crippen LogP contribution in [0.5, 0.6) is 5.75 Å². The van der Waals surface area contributed by atoms with Gasteiger partial charge in [0.05, 0.1) is 25.0 Å². The highest BCUT2D eigenvalue weighted by Gasteiger charge is 2.53. The Balaban J connectivity index is 1.51. The van der Waals surface area contributed by atoms with E-state index < -0.39 is 0 Å². The van der Waals surface area contributed by atoms with Gasteiger partial charge in [0.15, 0.2) is 0 Å². The molecule has 3 aliphatic rings. The number of fused-ring (bicyclic) bond motifs is 5.